The predicted molar refractivity (Wildman–Crippen MR) is 88.8 cm³/mol. The Balaban J connectivity index is 2.38. The van der Waals surface area contributed by atoms with E-state index in [0.29, 0.717) is 0 Å². The topological polar surface area (TPSA) is 29.3 Å². The van der Waals surface area contributed by atoms with E-state index in [-0.39, 0.29) is 5.41 Å². The standard InChI is InChI=1S/C18H24N2/c1-13-11-14(18(2,3)4)9-10-17(13)20(5)16-8-6-7-15(19)12-16/h6-12H,19H2,1-5H3. The Morgan fingerprint density at radius 1 is 1.00 bits per heavy atom. The number of hydrogen-bond donors (Lipinski definition) is 1. The Labute approximate surface area is 122 Å². The van der Waals surface area contributed by atoms with Gasteiger partial charge in [-0.2, -0.15) is 0 Å². The van der Waals surface area contributed by atoms with Gasteiger partial charge in [0.25, 0.3) is 0 Å². The summed E-state index contributed by atoms with van der Waals surface area (Å²) in [6, 6.07) is 14.7. The average molecular weight is 268 g/mol. The summed E-state index contributed by atoms with van der Waals surface area (Å²) in [6.45, 7) is 8.88. The lowest BCUT2D eigenvalue weighted by molar-refractivity contribution is 0.590. The fourth-order valence-electron chi connectivity index (χ4n) is 2.37. The van der Waals surface area contributed by atoms with E-state index in [1.54, 1.807) is 0 Å². The van der Waals surface area contributed by atoms with Gasteiger partial charge in [-0.05, 0) is 47.7 Å². The molecule has 0 aliphatic heterocycles. The molecule has 2 rings (SSSR count). The molecule has 0 unspecified atom stereocenters. The Hall–Kier alpha value is -1.96. The maximum absolute atomic E-state index is 5.87. The van der Waals surface area contributed by atoms with Gasteiger partial charge in [-0.3, -0.25) is 0 Å². The van der Waals surface area contributed by atoms with E-state index in [2.05, 4.69) is 63.9 Å². The minimum Gasteiger partial charge on any atom is -0.399 e. The highest BCUT2D eigenvalue weighted by Crippen LogP contribution is 2.31. The molecule has 2 N–H and O–H groups in total. The molecule has 0 heterocycles. The van der Waals surface area contributed by atoms with E-state index in [9.17, 15) is 0 Å². The summed E-state index contributed by atoms with van der Waals surface area (Å²) >= 11 is 0. The van der Waals surface area contributed by atoms with Gasteiger partial charge in [0.15, 0.2) is 0 Å². The quantitative estimate of drug-likeness (QED) is 0.804. The second kappa shape index (κ2) is 5.20. The molecule has 106 valence electrons. The van der Waals surface area contributed by atoms with Gasteiger partial charge in [-0.25, -0.2) is 0 Å². The molecule has 0 aliphatic carbocycles. The van der Waals surface area contributed by atoms with E-state index in [1.165, 1.54) is 16.8 Å². The van der Waals surface area contributed by atoms with Gasteiger partial charge in [0.1, 0.15) is 0 Å². The van der Waals surface area contributed by atoms with E-state index in [4.69, 9.17) is 5.73 Å². The van der Waals surface area contributed by atoms with Gasteiger partial charge in [-0.15, -0.1) is 0 Å². The van der Waals surface area contributed by atoms with Gasteiger partial charge in [0.2, 0.25) is 0 Å². The molecular weight excluding hydrogens is 244 g/mol. The number of hydrogen-bond acceptors (Lipinski definition) is 2. The van der Waals surface area contributed by atoms with Crippen molar-refractivity contribution in [2.75, 3.05) is 17.7 Å². The van der Waals surface area contributed by atoms with E-state index in [1.807, 2.05) is 18.2 Å². The first-order chi connectivity index (χ1) is 9.29. The van der Waals surface area contributed by atoms with Crippen molar-refractivity contribution in [2.24, 2.45) is 0 Å². The van der Waals surface area contributed by atoms with E-state index >= 15 is 0 Å². The van der Waals surface area contributed by atoms with Gasteiger partial charge >= 0.3 is 0 Å². The van der Waals surface area contributed by atoms with Crippen molar-refractivity contribution in [3.05, 3.63) is 53.6 Å². The second-order valence-electron chi connectivity index (χ2n) is 6.41. The third-order valence-electron chi connectivity index (χ3n) is 3.68. The molecule has 2 aromatic carbocycles. The Kier molecular flexibility index (Phi) is 3.76. The van der Waals surface area contributed by atoms with Crippen LogP contribution in [0.1, 0.15) is 31.9 Å². The molecule has 0 aromatic heterocycles. The second-order valence-corrected chi connectivity index (χ2v) is 6.41. The van der Waals surface area contributed by atoms with Crippen LogP contribution in [0.5, 0.6) is 0 Å². The SMILES string of the molecule is Cc1cc(C(C)(C)C)ccc1N(C)c1cccc(N)c1. The molecule has 2 nitrogen and oxygen atoms in total. The normalized spacial score (nSPS) is 11.4. The molecule has 0 saturated heterocycles. The minimum absolute atomic E-state index is 0.180. The number of nitrogen functional groups attached to an aromatic ring is 1. The van der Waals surface area contributed by atoms with Crippen LogP contribution in [0.4, 0.5) is 17.1 Å². The number of rotatable bonds is 2. The zero-order valence-electron chi connectivity index (χ0n) is 13.1. The average Bonchev–Trinajstić information content (AvgIpc) is 2.36. The first kappa shape index (κ1) is 14.4. The number of nitrogens with zero attached hydrogens (tertiary/aromatic N) is 1. The molecule has 0 fully saturated rings. The largest absolute Gasteiger partial charge is 0.399 e. The molecule has 0 radical (unpaired) electrons. The molecule has 0 aliphatic rings. The number of aryl methyl sites for hydroxylation is 1. The molecule has 2 aromatic rings. The summed E-state index contributed by atoms with van der Waals surface area (Å²) in [7, 11) is 2.08. The van der Waals surface area contributed by atoms with Crippen molar-refractivity contribution in [1.29, 1.82) is 0 Å². The zero-order chi connectivity index (χ0) is 14.9. The van der Waals surface area contributed by atoms with Crippen molar-refractivity contribution in [3.63, 3.8) is 0 Å². The number of anilines is 3. The van der Waals surface area contributed by atoms with Crippen LogP contribution in [0, 0.1) is 6.92 Å². The van der Waals surface area contributed by atoms with Gasteiger partial charge < -0.3 is 10.6 Å². The van der Waals surface area contributed by atoms with Crippen LogP contribution in [-0.4, -0.2) is 7.05 Å². The van der Waals surface area contributed by atoms with Crippen LogP contribution in [0.3, 0.4) is 0 Å². The highest BCUT2D eigenvalue weighted by atomic mass is 15.1. The summed E-state index contributed by atoms with van der Waals surface area (Å²) < 4.78 is 0. The molecule has 0 bridgehead atoms. The summed E-state index contributed by atoms with van der Waals surface area (Å²) in [4.78, 5) is 2.18. The van der Waals surface area contributed by atoms with Crippen LogP contribution in [0.2, 0.25) is 0 Å². The Morgan fingerprint density at radius 3 is 2.25 bits per heavy atom. The Morgan fingerprint density at radius 2 is 1.70 bits per heavy atom. The third-order valence-corrected chi connectivity index (χ3v) is 3.68. The van der Waals surface area contributed by atoms with Crippen molar-refractivity contribution < 1.29 is 0 Å². The first-order valence-electron chi connectivity index (χ1n) is 6.99. The highest BCUT2D eigenvalue weighted by molar-refractivity contribution is 5.68. The maximum Gasteiger partial charge on any atom is 0.0438 e. The maximum atomic E-state index is 5.87. The lowest BCUT2D eigenvalue weighted by Crippen LogP contribution is -2.14. The molecule has 0 atom stereocenters. The van der Waals surface area contributed by atoms with Crippen LogP contribution in [0.25, 0.3) is 0 Å². The zero-order valence-corrected chi connectivity index (χ0v) is 13.1. The molecular formula is C18H24N2. The third kappa shape index (κ3) is 2.96. The summed E-state index contributed by atoms with van der Waals surface area (Å²) in [5, 5.41) is 0. The lowest BCUT2D eigenvalue weighted by Gasteiger charge is -2.25. The molecule has 0 saturated carbocycles. The first-order valence-corrected chi connectivity index (χ1v) is 6.99. The van der Waals surface area contributed by atoms with Crippen LogP contribution in [-0.2, 0) is 5.41 Å². The van der Waals surface area contributed by atoms with Gasteiger partial charge in [0, 0.05) is 24.1 Å². The van der Waals surface area contributed by atoms with Crippen molar-refractivity contribution >= 4 is 17.1 Å². The predicted octanol–water partition coefficient (Wildman–Crippen LogP) is 4.64. The molecule has 20 heavy (non-hydrogen) atoms. The van der Waals surface area contributed by atoms with Gasteiger partial charge in [0.05, 0.1) is 0 Å². The molecule has 0 amide bonds. The number of nitrogens with two attached hydrogens (primary N) is 1. The van der Waals surface area contributed by atoms with E-state index in [0.717, 1.165) is 11.4 Å². The highest BCUT2D eigenvalue weighted by Gasteiger charge is 2.15. The fraction of sp³-hybridized carbons (Fsp3) is 0.333. The molecule has 2 heteroatoms. The summed E-state index contributed by atoms with van der Waals surface area (Å²) in [5.74, 6) is 0. The molecule has 0 spiro atoms. The van der Waals surface area contributed by atoms with Gasteiger partial charge in [-0.1, -0.05) is 39.0 Å². The fourth-order valence-corrected chi connectivity index (χ4v) is 2.37. The van der Waals surface area contributed by atoms with Crippen molar-refractivity contribution in [1.82, 2.24) is 0 Å². The van der Waals surface area contributed by atoms with E-state index < -0.39 is 0 Å². The summed E-state index contributed by atoms with van der Waals surface area (Å²) in [6.07, 6.45) is 0. The number of benzene rings is 2. The van der Waals surface area contributed by atoms with Crippen LogP contribution < -0.4 is 10.6 Å². The van der Waals surface area contributed by atoms with Crippen LogP contribution in [0.15, 0.2) is 42.5 Å². The monoisotopic (exact) mass is 268 g/mol. The summed E-state index contributed by atoms with van der Waals surface area (Å²) in [5.41, 5.74) is 11.8. The minimum atomic E-state index is 0.180. The van der Waals surface area contributed by atoms with Crippen LogP contribution >= 0.6 is 0 Å². The smallest absolute Gasteiger partial charge is 0.0438 e. The Bertz CT molecular complexity index is 609. The van der Waals surface area contributed by atoms with Crippen molar-refractivity contribution in [3.8, 4) is 0 Å². The van der Waals surface area contributed by atoms with Crippen molar-refractivity contribution in [2.45, 2.75) is 33.1 Å². The lowest BCUT2D eigenvalue weighted by atomic mass is 9.86.